The molecular weight excluding hydrogens is 500 g/mol. The fourth-order valence-electron chi connectivity index (χ4n) is 3.19. The maximum atomic E-state index is 5.60. The van der Waals surface area contributed by atoms with Crippen LogP contribution in [-0.4, -0.2) is 138 Å². The predicted molar refractivity (Wildman–Crippen MR) is 142 cm³/mol. The van der Waals surface area contributed by atoms with Gasteiger partial charge in [0.1, 0.15) is 0 Å². The molecule has 0 bridgehead atoms. The van der Waals surface area contributed by atoms with Gasteiger partial charge in [0, 0.05) is 13.2 Å². The summed E-state index contributed by atoms with van der Waals surface area (Å²) in [6.07, 6.45) is 5.46. The van der Waals surface area contributed by atoms with E-state index in [2.05, 4.69) is 6.92 Å². The summed E-state index contributed by atoms with van der Waals surface area (Å²) in [7, 11) is 0. The molecule has 1 fully saturated rings. The molecule has 0 radical (unpaired) electrons. The van der Waals surface area contributed by atoms with Gasteiger partial charge in [-0.3, -0.25) is 0 Å². The summed E-state index contributed by atoms with van der Waals surface area (Å²) >= 11 is 0. The monoisotopic (exact) mass is 554 g/mol. The lowest BCUT2D eigenvalue weighted by Crippen LogP contribution is -2.24. The van der Waals surface area contributed by atoms with E-state index in [1.807, 2.05) is 0 Å². The van der Waals surface area contributed by atoms with E-state index in [-0.39, 0.29) is 6.29 Å². The minimum atomic E-state index is -0.0594. The van der Waals surface area contributed by atoms with Crippen molar-refractivity contribution in [1.29, 1.82) is 0 Å². The van der Waals surface area contributed by atoms with Crippen LogP contribution in [0.3, 0.4) is 0 Å². The number of hydrogen-bond acceptors (Lipinski definition) is 11. The van der Waals surface area contributed by atoms with E-state index in [1.165, 1.54) is 6.42 Å². The Bertz CT molecular complexity index is 439. The van der Waals surface area contributed by atoms with E-state index in [4.69, 9.17) is 52.1 Å². The molecule has 11 nitrogen and oxygen atoms in total. The highest BCUT2D eigenvalue weighted by Crippen LogP contribution is 2.13. The first-order valence-corrected chi connectivity index (χ1v) is 14.4. The summed E-state index contributed by atoms with van der Waals surface area (Å²) in [4.78, 5) is 0. The summed E-state index contributed by atoms with van der Waals surface area (Å²) in [5.41, 5.74) is 0. The molecule has 0 saturated carbocycles. The van der Waals surface area contributed by atoms with Crippen LogP contribution < -0.4 is 0 Å². The third-order valence-corrected chi connectivity index (χ3v) is 5.29. The molecule has 0 N–H and O–H groups in total. The highest BCUT2D eigenvalue weighted by Gasteiger charge is 2.13. The third kappa shape index (κ3) is 27.1. The molecule has 1 aliphatic heterocycles. The molecule has 1 saturated heterocycles. The smallest absolute Gasteiger partial charge is 0.157 e. The first kappa shape index (κ1) is 35.6. The van der Waals surface area contributed by atoms with Crippen LogP contribution in [0.5, 0.6) is 0 Å². The number of ether oxygens (including phenoxy) is 11. The average Bonchev–Trinajstić information content (AvgIpc) is 2.94. The van der Waals surface area contributed by atoms with Crippen molar-refractivity contribution in [3.05, 3.63) is 0 Å². The third-order valence-electron chi connectivity index (χ3n) is 5.29. The zero-order chi connectivity index (χ0) is 27.0. The zero-order valence-electron chi connectivity index (χ0n) is 23.7. The summed E-state index contributed by atoms with van der Waals surface area (Å²) in [5.74, 6) is 0. The first-order chi connectivity index (χ1) is 18.9. The topological polar surface area (TPSA) is 102 Å². The Labute approximate surface area is 229 Å². The highest BCUT2D eigenvalue weighted by molar-refractivity contribution is 4.53. The van der Waals surface area contributed by atoms with Gasteiger partial charge >= 0.3 is 0 Å². The molecule has 0 aromatic carbocycles. The van der Waals surface area contributed by atoms with Gasteiger partial charge < -0.3 is 52.1 Å². The van der Waals surface area contributed by atoms with Gasteiger partial charge in [0.2, 0.25) is 0 Å². The summed E-state index contributed by atoms with van der Waals surface area (Å²) in [6, 6.07) is 0. The molecule has 0 aliphatic carbocycles. The van der Waals surface area contributed by atoms with E-state index in [0.29, 0.717) is 119 Å². The number of hydrogen-bond donors (Lipinski definition) is 0. The van der Waals surface area contributed by atoms with Gasteiger partial charge in [0.05, 0.1) is 119 Å². The minimum Gasteiger partial charge on any atom is -0.379 e. The fourth-order valence-corrected chi connectivity index (χ4v) is 3.19. The molecule has 1 rings (SSSR count). The van der Waals surface area contributed by atoms with Crippen LogP contribution in [0.15, 0.2) is 0 Å². The van der Waals surface area contributed by atoms with E-state index in [0.717, 1.165) is 38.9 Å². The van der Waals surface area contributed by atoms with Crippen molar-refractivity contribution < 1.29 is 52.1 Å². The van der Waals surface area contributed by atoms with Crippen molar-refractivity contribution in [2.24, 2.45) is 0 Å². The molecule has 1 aliphatic rings. The van der Waals surface area contributed by atoms with Crippen LogP contribution in [-0.2, 0) is 52.1 Å². The second-order valence-corrected chi connectivity index (χ2v) is 8.53. The summed E-state index contributed by atoms with van der Waals surface area (Å²) in [6.45, 7) is 13.7. The predicted octanol–water partition coefficient (Wildman–Crippen LogP) is 2.48. The van der Waals surface area contributed by atoms with E-state index in [1.54, 1.807) is 0 Å². The Kier molecular flexibility index (Phi) is 29.1. The SMILES string of the molecule is CCCCOCCOCCOCCOCCOCCOCCOCCOCCOCCOC1CCCCO1. The molecule has 0 aromatic heterocycles. The van der Waals surface area contributed by atoms with Crippen molar-refractivity contribution in [2.75, 3.05) is 132 Å². The highest BCUT2D eigenvalue weighted by atomic mass is 16.7. The maximum Gasteiger partial charge on any atom is 0.157 e. The van der Waals surface area contributed by atoms with Crippen molar-refractivity contribution in [3.63, 3.8) is 0 Å². The summed E-state index contributed by atoms with van der Waals surface area (Å²) < 4.78 is 60.2. The fraction of sp³-hybridized carbons (Fsp3) is 1.00. The molecule has 11 heteroatoms. The standard InChI is InChI=1S/C27H54O11/c1-2-3-7-28-9-10-29-11-12-30-13-14-31-15-16-32-17-18-33-19-20-34-21-22-35-23-24-36-25-26-38-27-6-4-5-8-37-27/h27H,2-26H2,1H3. The molecule has 1 heterocycles. The Balaban J connectivity index is 1.61. The quantitative estimate of drug-likeness (QED) is 0.118. The van der Waals surface area contributed by atoms with Crippen LogP contribution in [0, 0.1) is 0 Å². The van der Waals surface area contributed by atoms with Crippen molar-refractivity contribution in [1.82, 2.24) is 0 Å². The van der Waals surface area contributed by atoms with Crippen LogP contribution in [0.2, 0.25) is 0 Å². The Hall–Kier alpha value is -0.440. The Morgan fingerprint density at radius 3 is 1.11 bits per heavy atom. The van der Waals surface area contributed by atoms with Crippen LogP contribution >= 0.6 is 0 Å². The Morgan fingerprint density at radius 2 is 0.789 bits per heavy atom. The van der Waals surface area contributed by atoms with Crippen LogP contribution in [0.4, 0.5) is 0 Å². The van der Waals surface area contributed by atoms with Crippen molar-refractivity contribution in [3.8, 4) is 0 Å². The zero-order valence-corrected chi connectivity index (χ0v) is 23.7. The molecule has 0 amide bonds. The van der Waals surface area contributed by atoms with Gasteiger partial charge in [-0.15, -0.1) is 0 Å². The van der Waals surface area contributed by atoms with Crippen molar-refractivity contribution >= 4 is 0 Å². The largest absolute Gasteiger partial charge is 0.379 e. The van der Waals surface area contributed by atoms with Gasteiger partial charge in [-0.25, -0.2) is 0 Å². The van der Waals surface area contributed by atoms with E-state index in [9.17, 15) is 0 Å². The minimum absolute atomic E-state index is 0.0594. The Morgan fingerprint density at radius 1 is 0.447 bits per heavy atom. The second-order valence-electron chi connectivity index (χ2n) is 8.53. The maximum absolute atomic E-state index is 5.60. The molecule has 228 valence electrons. The van der Waals surface area contributed by atoms with E-state index < -0.39 is 0 Å². The molecule has 1 unspecified atom stereocenters. The van der Waals surface area contributed by atoms with Gasteiger partial charge in [-0.2, -0.15) is 0 Å². The number of rotatable bonds is 31. The molecule has 0 spiro atoms. The lowest BCUT2D eigenvalue weighted by molar-refractivity contribution is -0.169. The first-order valence-electron chi connectivity index (χ1n) is 14.4. The van der Waals surface area contributed by atoms with E-state index >= 15 is 0 Å². The second kappa shape index (κ2) is 31.1. The molecule has 0 aromatic rings. The normalized spacial score (nSPS) is 15.9. The van der Waals surface area contributed by atoms with Crippen LogP contribution in [0.1, 0.15) is 39.0 Å². The van der Waals surface area contributed by atoms with Gasteiger partial charge in [-0.05, 0) is 25.7 Å². The summed E-state index contributed by atoms with van der Waals surface area (Å²) in [5, 5.41) is 0. The van der Waals surface area contributed by atoms with Gasteiger partial charge in [-0.1, -0.05) is 13.3 Å². The lowest BCUT2D eigenvalue weighted by atomic mass is 10.2. The van der Waals surface area contributed by atoms with Gasteiger partial charge in [0.25, 0.3) is 0 Å². The lowest BCUT2D eigenvalue weighted by Gasteiger charge is -2.22. The van der Waals surface area contributed by atoms with Crippen molar-refractivity contribution in [2.45, 2.75) is 45.3 Å². The number of unbranched alkanes of at least 4 members (excludes halogenated alkanes) is 1. The average molecular weight is 555 g/mol. The molecule has 38 heavy (non-hydrogen) atoms. The molecular formula is C27H54O11. The van der Waals surface area contributed by atoms with Crippen LogP contribution in [0.25, 0.3) is 0 Å². The van der Waals surface area contributed by atoms with Gasteiger partial charge in [0.15, 0.2) is 6.29 Å². The molecule has 1 atom stereocenters.